The molecule has 1 aliphatic heterocycles. The molecule has 1 saturated heterocycles. The minimum atomic E-state index is -4.20. The molecule has 5 nitrogen and oxygen atoms in total. The molecule has 1 fully saturated rings. The molecule has 1 atom stereocenters. The molecule has 21 heavy (non-hydrogen) atoms. The summed E-state index contributed by atoms with van der Waals surface area (Å²) in [7, 11) is 0. The second-order valence-corrected chi connectivity index (χ2v) is 5.34. The van der Waals surface area contributed by atoms with Gasteiger partial charge in [-0.15, -0.1) is 0 Å². The fourth-order valence-electron chi connectivity index (χ4n) is 2.41. The van der Waals surface area contributed by atoms with Crippen molar-refractivity contribution in [3.63, 3.8) is 0 Å². The highest BCUT2D eigenvalue weighted by Gasteiger charge is 2.27. The van der Waals surface area contributed by atoms with E-state index < -0.39 is 18.6 Å². The number of carbonyl (C=O) groups excluding carboxylic acids is 1. The SMILES string of the molecule is O=C(O)CCC1CCCN(C(=O)NCCCC(F)(F)F)C1. The molecule has 1 aliphatic rings. The first kappa shape index (κ1) is 17.6. The lowest BCUT2D eigenvalue weighted by atomic mass is 9.93. The molecule has 2 N–H and O–H groups in total. The predicted octanol–water partition coefficient (Wildman–Crippen LogP) is 2.62. The topological polar surface area (TPSA) is 69.6 Å². The highest BCUT2D eigenvalue weighted by atomic mass is 19.4. The molecule has 1 unspecified atom stereocenters. The summed E-state index contributed by atoms with van der Waals surface area (Å²) in [5.74, 6) is -0.709. The van der Waals surface area contributed by atoms with Crippen LogP contribution in [0.2, 0.25) is 0 Å². The Kier molecular flexibility index (Phi) is 6.77. The largest absolute Gasteiger partial charge is 0.481 e. The summed E-state index contributed by atoms with van der Waals surface area (Å²) in [5.41, 5.74) is 0. The molecule has 1 heterocycles. The summed E-state index contributed by atoms with van der Waals surface area (Å²) in [6, 6.07) is -0.364. The van der Waals surface area contributed by atoms with E-state index in [0.29, 0.717) is 19.5 Å². The van der Waals surface area contributed by atoms with E-state index >= 15 is 0 Å². The van der Waals surface area contributed by atoms with Gasteiger partial charge in [-0.1, -0.05) is 0 Å². The van der Waals surface area contributed by atoms with Gasteiger partial charge in [0.05, 0.1) is 0 Å². The van der Waals surface area contributed by atoms with Crippen molar-refractivity contribution in [1.82, 2.24) is 10.2 Å². The van der Waals surface area contributed by atoms with Crippen molar-refractivity contribution in [2.75, 3.05) is 19.6 Å². The number of piperidine rings is 1. The molecule has 0 bridgehead atoms. The van der Waals surface area contributed by atoms with Crippen molar-refractivity contribution >= 4 is 12.0 Å². The molecule has 0 spiro atoms. The maximum absolute atomic E-state index is 12.0. The molecule has 0 aromatic heterocycles. The highest BCUT2D eigenvalue weighted by Crippen LogP contribution is 2.22. The van der Waals surface area contributed by atoms with E-state index in [-0.39, 0.29) is 31.3 Å². The number of urea groups is 1. The van der Waals surface area contributed by atoms with Crippen LogP contribution in [0.15, 0.2) is 0 Å². The summed E-state index contributed by atoms with van der Waals surface area (Å²) in [4.78, 5) is 23.9. The summed E-state index contributed by atoms with van der Waals surface area (Å²) in [5, 5.41) is 11.1. The van der Waals surface area contributed by atoms with Gasteiger partial charge in [0.25, 0.3) is 0 Å². The number of likely N-dealkylation sites (tertiary alicyclic amines) is 1. The third-order valence-electron chi connectivity index (χ3n) is 3.49. The Balaban J connectivity index is 2.25. The zero-order valence-electron chi connectivity index (χ0n) is 11.8. The van der Waals surface area contributed by atoms with Crippen LogP contribution in [0, 0.1) is 5.92 Å². The summed E-state index contributed by atoms with van der Waals surface area (Å²) in [6.45, 7) is 1.03. The Morgan fingerprint density at radius 3 is 2.67 bits per heavy atom. The number of hydrogen-bond acceptors (Lipinski definition) is 2. The van der Waals surface area contributed by atoms with Crippen molar-refractivity contribution in [3.05, 3.63) is 0 Å². The molecule has 0 saturated carbocycles. The summed E-state index contributed by atoms with van der Waals surface area (Å²) in [6.07, 6.45) is -2.97. The smallest absolute Gasteiger partial charge is 0.389 e. The van der Waals surface area contributed by atoms with Crippen molar-refractivity contribution in [2.24, 2.45) is 5.92 Å². The van der Waals surface area contributed by atoms with E-state index in [1.807, 2.05) is 0 Å². The number of carboxylic acid groups (broad SMARTS) is 1. The molecule has 0 aliphatic carbocycles. The molecule has 1 rings (SSSR count). The van der Waals surface area contributed by atoms with Crippen molar-refractivity contribution in [1.29, 1.82) is 0 Å². The average molecular weight is 310 g/mol. The van der Waals surface area contributed by atoms with Crippen LogP contribution in [0.25, 0.3) is 0 Å². The van der Waals surface area contributed by atoms with Crippen molar-refractivity contribution < 1.29 is 27.9 Å². The predicted molar refractivity (Wildman–Crippen MR) is 69.9 cm³/mol. The minimum Gasteiger partial charge on any atom is -0.481 e. The highest BCUT2D eigenvalue weighted by molar-refractivity contribution is 5.74. The van der Waals surface area contributed by atoms with E-state index in [2.05, 4.69) is 5.32 Å². The first-order valence-electron chi connectivity index (χ1n) is 7.09. The van der Waals surface area contributed by atoms with Crippen LogP contribution in [0.4, 0.5) is 18.0 Å². The number of nitrogens with zero attached hydrogens (tertiary/aromatic N) is 1. The number of carbonyl (C=O) groups is 2. The van der Waals surface area contributed by atoms with Gasteiger partial charge in [-0.3, -0.25) is 4.79 Å². The van der Waals surface area contributed by atoms with Crippen LogP contribution in [-0.4, -0.2) is 47.8 Å². The fraction of sp³-hybridized carbons (Fsp3) is 0.846. The second kappa shape index (κ2) is 8.09. The molecule has 0 radical (unpaired) electrons. The number of halogens is 3. The number of hydrogen-bond donors (Lipinski definition) is 2. The average Bonchev–Trinajstić information content (AvgIpc) is 2.40. The maximum Gasteiger partial charge on any atom is 0.389 e. The summed E-state index contributed by atoms with van der Waals surface area (Å²) < 4.78 is 35.9. The number of amides is 2. The monoisotopic (exact) mass is 310 g/mol. The lowest BCUT2D eigenvalue weighted by Crippen LogP contribution is -2.45. The van der Waals surface area contributed by atoms with Gasteiger partial charge in [-0.05, 0) is 31.6 Å². The van der Waals surface area contributed by atoms with Crippen LogP contribution in [-0.2, 0) is 4.79 Å². The number of aliphatic carboxylic acids is 1. The van der Waals surface area contributed by atoms with Gasteiger partial charge in [0.2, 0.25) is 0 Å². The Bertz CT molecular complexity index is 361. The molecular formula is C13H21F3N2O3. The third-order valence-corrected chi connectivity index (χ3v) is 3.49. The molecule has 2 amide bonds. The number of alkyl halides is 3. The Morgan fingerprint density at radius 1 is 1.33 bits per heavy atom. The number of rotatable bonds is 6. The van der Waals surface area contributed by atoms with Gasteiger partial charge >= 0.3 is 18.2 Å². The Labute approximate surface area is 121 Å². The van der Waals surface area contributed by atoms with Gasteiger partial charge in [-0.25, -0.2) is 4.79 Å². The van der Waals surface area contributed by atoms with Crippen LogP contribution < -0.4 is 5.32 Å². The van der Waals surface area contributed by atoms with Gasteiger partial charge < -0.3 is 15.3 Å². The van der Waals surface area contributed by atoms with Crippen molar-refractivity contribution in [2.45, 2.75) is 44.7 Å². The van der Waals surface area contributed by atoms with E-state index in [0.717, 1.165) is 12.8 Å². The molecule has 122 valence electrons. The first-order valence-corrected chi connectivity index (χ1v) is 7.09. The minimum absolute atomic E-state index is 0.00532. The van der Waals surface area contributed by atoms with E-state index in [1.165, 1.54) is 0 Å². The lowest BCUT2D eigenvalue weighted by molar-refractivity contribution is -0.137. The van der Waals surface area contributed by atoms with Gasteiger partial charge in [0, 0.05) is 32.5 Å². The van der Waals surface area contributed by atoms with Gasteiger partial charge in [0.15, 0.2) is 0 Å². The zero-order valence-corrected chi connectivity index (χ0v) is 11.8. The van der Waals surface area contributed by atoms with E-state index in [4.69, 9.17) is 5.11 Å². The quantitative estimate of drug-likeness (QED) is 0.741. The normalized spacial score (nSPS) is 19.4. The van der Waals surface area contributed by atoms with E-state index in [1.54, 1.807) is 4.90 Å². The van der Waals surface area contributed by atoms with E-state index in [9.17, 15) is 22.8 Å². The number of carboxylic acids is 1. The second-order valence-electron chi connectivity index (χ2n) is 5.34. The molecule has 8 heteroatoms. The Hall–Kier alpha value is -1.47. The van der Waals surface area contributed by atoms with Gasteiger partial charge in [-0.2, -0.15) is 13.2 Å². The molecule has 0 aromatic carbocycles. The zero-order chi connectivity index (χ0) is 15.9. The molecule has 0 aromatic rings. The number of nitrogens with one attached hydrogen (secondary N) is 1. The van der Waals surface area contributed by atoms with Crippen LogP contribution in [0.5, 0.6) is 0 Å². The maximum atomic E-state index is 12.0. The van der Waals surface area contributed by atoms with Crippen molar-refractivity contribution in [3.8, 4) is 0 Å². The van der Waals surface area contributed by atoms with Crippen LogP contribution in [0.1, 0.15) is 38.5 Å². The fourth-order valence-corrected chi connectivity index (χ4v) is 2.41. The Morgan fingerprint density at radius 2 is 2.05 bits per heavy atom. The van der Waals surface area contributed by atoms with Crippen LogP contribution in [0.3, 0.4) is 0 Å². The third kappa shape index (κ3) is 7.77. The molecular weight excluding hydrogens is 289 g/mol. The first-order chi connectivity index (χ1) is 9.78. The van der Waals surface area contributed by atoms with Crippen LogP contribution >= 0.6 is 0 Å². The standard InChI is InChI=1S/C13H21F3N2O3/c14-13(15,16)6-2-7-17-12(21)18-8-1-3-10(9-18)4-5-11(19)20/h10H,1-9H2,(H,17,21)(H,19,20). The summed E-state index contributed by atoms with van der Waals surface area (Å²) >= 11 is 0. The van der Waals surface area contributed by atoms with Gasteiger partial charge in [0.1, 0.15) is 0 Å². The lowest BCUT2D eigenvalue weighted by Gasteiger charge is -2.32.